The van der Waals surface area contributed by atoms with Gasteiger partial charge in [0.25, 0.3) is 0 Å². The van der Waals surface area contributed by atoms with Crippen LogP contribution in [0.2, 0.25) is 0 Å². The predicted octanol–water partition coefficient (Wildman–Crippen LogP) is 0.871. The fourth-order valence-corrected chi connectivity index (χ4v) is 3.48. The molecular weight excluding hydrogens is 417 g/mol. The highest BCUT2D eigenvalue weighted by Gasteiger charge is 2.40. The summed E-state index contributed by atoms with van der Waals surface area (Å²) in [5.41, 5.74) is 0.732. The number of ether oxygens (including phenoxy) is 1. The molecule has 1 aliphatic rings. The Bertz CT molecular complexity index is 842. The third-order valence-electron chi connectivity index (χ3n) is 5.12. The van der Waals surface area contributed by atoms with Crippen LogP contribution >= 0.6 is 0 Å². The molecule has 0 saturated carbocycles. The van der Waals surface area contributed by atoms with Crippen LogP contribution < -0.4 is 5.32 Å². The van der Waals surface area contributed by atoms with Crippen LogP contribution in [0.4, 0.5) is 9.18 Å². The van der Waals surface area contributed by atoms with Gasteiger partial charge in [-0.1, -0.05) is 18.1 Å². The van der Waals surface area contributed by atoms with E-state index in [1.807, 2.05) is 6.92 Å². The van der Waals surface area contributed by atoms with Crippen molar-refractivity contribution in [2.24, 2.45) is 0 Å². The van der Waals surface area contributed by atoms with Gasteiger partial charge in [-0.3, -0.25) is 9.59 Å². The zero-order valence-electron chi connectivity index (χ0n) is 18.7. The summed E-state index contributed by atoms with van der Waals surface area (Å²) >= 11 is 0. The van der Waals surface area contributed by atoms with E-state index in [0.717, 1.165) is 5.56 Å². The van der Waals surface area contributed by atoms with Crippen molar-refractivity contribution >= 4 is 17.8 Å². The predicted molar refractivity (Wildman–Crippen MR) is 116 cm³/mol. The lowest BCUT2D eigenvalue weighted by Crippen LogP contribution is -2.69. The average Bonchev–Trinajstić information content (AvgIpc) is 2.75. The number of carbonyl (C=O) groups is 3. The molecule has 32 heavy (non-hydrogen) atoms. The molecule has 1 atom stereocenters. The van der Waals surface area contributed by atoms with Gasteiger partial charge in [-0.05, 0) is 24.6 Å². The Morgan fingerprint density at radius 3 is 2.62 bits per heavy atom. The second kappa shape index (κ2) is 12.0. The van der Waals surface area contributed by atoms with E-state index in [1.165, 1.54) is 34.0 Å². The van der Waals surface area contributed by atoms with Crippen LogP contribution in [0.25, 0.3) is 0 Å². The Morgan fingerprint density at radius 2 is 2.03 bits per heavy atom. The number of rotatable bonds is 9. The van der Waals surface area contributed by atoms with Gasteiger partial charge in [0.2, 0.25) is 11.8 Å². The number of hydrogen-bond donors (Lipinski definition) is 1. The minimum Gasteiger partial charge on any atom is -0.367 e. The quantitative estimate of drug-likeness (QED) is 0.449. The third kappa shape index (κ3) is 6.67. The van der Waals surface area contributed by atoms with Crippen LogP contribution in [0.3, 0.4) is 0 Å². The lowest BCUT2D eigenvalue weighted by atomic mass is 10.2. The first-order valence-electron chi connectivity index (χ1n) is 10.4. The zero-order chi connectivity index (χ0) is 23.7. The lowest BCUT2D eigenvalue weighted by molar-refractivity contribution is -0.166. The van der Waals surface area contributed by atoms with E-state index in [0.29, 0.717) is 6.54 Å². The van der Waals surface area contributed by atoms with E-state index >= 15 is 0 Å². The number of benzene rings is 1. The third-order valence-corrected chi connectivity index (χ3v) is 5.12. The van der Waals surface area contributed by atoms with Crippen molar-refractivity contribution < 1.29 is 23.5 Å². The van der Waals surface area contributed by atoms with Crippen LogP contribution in [0.1, 0.15) is 19.4 Å². The van der Waals surface area contributed by atoms with Gasteiger partial charge >= 0.3 is 6.03 Å². The first kappa shape index (κ1) is 25.1. The van der Waals surface area contributed by atoms with Crippen molar-refractivity contribution in [1.82, 2.24) is 25.1 Å². The standard InChI is InChI=1S/C22H30FN5O4/c1-5-12-32-13-11-26(17(3)29)15-20-27(6-2)21(30)16-25(4)28(20)22(31)24-14-18-7-9-19(23)10-8-18/h1,7-10,20H,6,11-16H2,2-4H3,(H,24,31). The fourth-order valence-electron chi connectivity index (χ4n) is 3.48. The van der Waals surface area contributed by atoms with Gasteiger partial charge in [-0.15, -0.1) is 6.42 Å². The van der Waals surface area contributed by atoms with Crippen LogP contribution in [-0.4, -0.2) is 90.3 Å². The minimum atomic E-state index is -0.698. The molecule has 1 fully saturated rings. The summed E-state index contributed by atoms with van der Waals surface area (Å²) in [6.07, 6.45) is 4.48. The average molecular weight is 448 g/mol. The Hall–Kier alpha value is -3.16. The van der Waals surface area contributed by atoms with E-state index < -0.39 is 12.2 Å². The molecule has 10 heteroatoms. The molecule has 0 aromatic heterocycles. The topological polar surface area (TPSA) is 85.4 Å². The van der Waals surface area contributed by atoms with Gasteiger partial charge in [0.1, 0.15) is 18.6 Å². The van der Waals surface area contributed by atoms with Crippen molar-refractivity contribution in [3.05, 3.63) is 35.6 Å². The Morgan fingerprint density at radius 1 is 1.34 bits per heavy atom. The van der Waals surface area contributed by atoms with Crippen molar-refractivity contribution in [3.63, 3.8) is 0 Å². The summed E-state index contributed by atoms with van der Waals surface area (Å²) in [5, 5.41) is 5.78. The van der Waals surface area contributed by atoms with Gasteiger partial charge in [0.15, 0.2) is 0 Å². The van der Waals surface area contributed by atoms with Crippen LogP contribution in [0.15, 0.2) is 24.3 Å². The molecule has 1 aromatic rings. The molecule has 1 aromatic carbocycles. The van der Waals surface area contributed by atoms with Gasteiger partial charge in [0, 0.05) is 33.6 Å². The van der Waals surface area contributed by atoms with Crippen LogP contribution in [-0.2, 0) is 20.9 Å². The van der Waals surface area contributed by atoms with Gasteiger partial charge in [-0.2, -0.15) is 0 Å². The van der Waals surface area contributed by atoms with E-state index in [-0.39, 0.29) is 57.0 Å². The first-order chi connectivity index (χ1) is 15.3. The number of nitrogens with zero attached hydrogens (tertiary/aromatic N) is 4. The number of amides is 4. The molecule has 0 spiro atoms. The second-order valence-electron chi connectivity index (χ2n) is 7.33. The molecule has 9 nitrogen and oxygen atoms in total. The minimum absolute atomic E-state index is 0.0274. The number of terminal acetylenes is 1. The number of nitrogens with one attached hydrogen (secondary N) is 1. The van der Waals surface area contributed by atoms with E-state index in [2.05, 4.69) is 11.2 Å². The largest absolute Gasteiger partial charge is 0.367 e. The highest BCUT2D eigenvalue weighted by atomic mass is 19.1. The number of halogens is 1. The normalized spacial score (nSPS) is 16.6. The molecule has 174 valence electrons. The molecule has 1 N–H and O–H groups in total. The SMILES string of the molecule is C#CCOCCN(CC1N(CC)C(=O)CN(C)N1C(=O)NCc1ccc(F)cc1)C(C)=O. The summed E-state index contributed by atoms with van der Waals surface area (Å²) < 4.78 is 18.4. The molecule has 1 unspecified atom stereocenters. The summed E-state index contributed by atoms with van der Waals surface area (Å²) in [5.74, 6) is 1.65. The second-order valence-corrected chi connectivity index (χ2v) is 7.33. The van der Waals surface area contributed by atoms with E-state index in [9.17, 15) is 18.8 Å². The fraction of sp³-hybridized carbons (Fsp3) is 0.500. The smallest absolute Gasteiger partial charge is 0.334 e. The number of urea groups is 1. The molecule has 4 amide bonds. The summed E-state index contributed by atoms with van der Waals surface area (Å²) in [6.45, 7) is 4.59. The van der Waals surface area contributed by atoms with Crippen molar-refractivity contribution in [2.75, 3.05) is 46.4 Å². The van der Waals surface area contributed by atoms with Crippen molar-refractivity contribution in [3.8, 4) is 12.3 Å². The highest BCUT2D eigenvalue weighted by Crippen LogP contribution is 2.18. The molecule has 1 heterocycles. The Labute approximate surface area is 188 Å². The molecule has 1 saturated heterocycles. The molecule has 0 aliphatic carbocycles. The summed E-state index contributed by atoms with van der Waals surface area (Å²) in [6, 6.07) is 5.38. The van der Waals surface area contributed by atoms with E-state index in [4.69, 9.17) is 11.2 Å². The maximum atomic E-state index is 13.1. The number of hydrogen-bond acceptors (Lipinski definition) is 5. The maximum absolute atomic E-state index is 13.1. The van der Waals surface area contributed by atoms with Crippen LogP contribution in [0, 0.1) is 18.2 Å². The molecule has 1 aliphatic heterocycles. The number of likely N-dealkylation sites (N-methyl/N-ethyl adjacent to an activating group) is 2. The molecular formula is C22H30FN5O4. The molecule has 0 bridgehead atoms. The van der Waals surface area contributed by atoms with Crippen LogP contribution in [0.5, 0.6) is 0 Å². The molecule has 0 radical (unpaired) electrons. The highest BCUT2D eigenvalue weighted by molar-refractivity contribution is 5.82. The zero-order valence-corrected chi connectivity index (χ0v) is 18.7. The Balaban J connectivity index is 2.17. The van der Waals surface area contributed by atoms with Gasteiger partial charge in [-0.25, -0.2) is 19.2 Å². The van der Waals surface area contributed by atoms with Gasteiger partial charge in [0.05, 0.1) is 19.7 Å². The summed E-state index contributed by atoms with van der Waals surface area (Å²) in [4.78, 5) is 41.0. The van der Waals surface area contributed by atoms with E-state index in [1.54, 1.807) is 24.1 Å². The molecule has 2 rings (SSSR count). The van der Waals surface area contributed by atoms with Crippen molar-refractivity contribution in [1.29, 1.82) is 0 Å². The number of carbonyl (C=O) groups excluding carboxylic acids is 3. The number of hydrazine groups is 1. The lowest BCUT2D eigenvalue weighted by Gasteiger charge is -2.48. The first-order valence-corrected chi connectivity index (χ1v) is 10.4. The summed E-state index contributed by atoms with van der Waals surface area (Å²) in [7, 11) is 1.64. The Kier molecular flexibility index (Phi) is 9.43. The maximum Gasteiger partial charge on any atom is 0.334 e. The van der Waals surface area contributed by atoms with Crippen molar-refractivity contribution in [2.45, 2.75) is 26.6 Å². The monoisotopic (exact) mass is 447 g/mol. The van der Waals surface area contributed by atoms with Gasteiger partial charge < -0.3 is 19.9 Å².